The first-order chi connectivity index (χ1) is 8.96. The molecule has 0 aromatic heterocycles. The first-order valence-corrected chi connectivity index (χ1v) is 6.26. The molecule has 1 aliphatic rings. The summed E-state index contributed by atoms with van der Waals surface area (Å²) in [7, 11) is 0. The van der Waals surface area contributed by atoms with Crippen LogP contribution >= 0.6 is 0 Å². The summed E-state index contributed by atoms with van der Waals surface area (Å²) in [5.41, 5.74) is 0.513. The molecular formula is C13H17F3N2O. The maximum absolute atomic E-state index is 12.7. The summed E-state index contributed by atoms with van der Waals surface area (Å²) in [5, 5.41) is 12.6. The lowest BCUT2D eigenvalue weighted by molar-refractivity contribution is -0.148. The molecule has 1 atom stereocenters. The van der Waals surface area contributed by atoms with E-state index in [1.165, 1.54) is 12.1 Å². The molecule has 1 heterocycles. The average Bonchev–Trinajstić information content (AvgIpc) is 2.36. The van der Waals surface area contributed by atoms with Crippen molar-refractivity contribution in [1.29, 1.82) is 0 Å². The van der Waals surface area contributed by atoms with Gasteiger partial charge < -0.3 is 10.4 Å². The minimum atomic E-state index is -4.22. The van der Waals surface area contributed by atoms with Crippen LogP contribution in [0.15, 0.2) is 24.3 Å². The van der Waals surface area contributed by atoms with Crippen LogP contribution in [0.5, 0.6) is 5.75 Å². The number of phenolic OH excluding ortho intramolecular Hbond substituents is 1. The molecule has 0 bridgehead atoms. The van der Waals surface area contributed by atoms with E-state index < -0.39 is 18.6 Å². The van der Waals surface area contributed by atoms with Gasteiger partial charge in [-0.15, -0.1) is 0 Å². The lowest BCUT2D eigenvalue weighted by Crippen LogP contribution is -2.46. The molecule has 3 nitrogen and oxygen atoms in total. The summed E-state index contributed by atoms with van der Waals surface area (Å²) in [4.78, 5) is 1.82. The summed E-state index contributed by atoms with van der Waals surface area (Å²) >= 11 is 0. The molecule has 0 aliphatic carbocycles. The Labute approximate surface area is 110 Å². The van der Waals surface area contributed by atoms with Crippen molar-refractivity contribution in [2.24, 2.45) is 0 Å². The van der Waals surface area contributed by atoms with Gasteiger partial charge in [-0.2, -0.15) is 13.2 Å². The van der Waals surface area contributed by atoms with E-state index in [4.69, 9.17) is 0 Å². The standard InChI is InChI=1S/C13H17F3N2O/c14-13(15,16)9-12(18-6-4-17-5-7-18)10-2-1-3-11(19)8-10/h1-3,8,12,17,19H,4-7,9H2/t12-/m1/s1. The van der Waals surface area contributed by atoms with Crippen molar-refractivity contribution in [1.82, 2.24) is 10.2 Å². The van der Waals surface area contributed by atoms with Crippen molar-refractivity contribution < 1.29 is 18.3 Å². The van der Waals surface area contributed by atoms with Crippen LogP contribution in [0.2, 0.25) is 0 Å². The summed E-state index contributed by atoms with van der Waals surface area (Å²) in [5.74, 6) is -0.000177. The van der Waals surface area contributed by atoms with E-state index in [2.05, 4.69) is 5.32 Å². The van der Waals surface area contributed by atoms with Gasteiger partial charge in [0.05, 0.1) is 6.42 Å². The topological polar surface area (TPSA) is 35.5 Å². The highest BCUT2D eigenvalue weighted by molar-refractivity contribution is 5.29. The minimum absolute atomic E-state index is 0.000177. The molecular weight excluding hydrogens is 257 g/mol. The number of hydrogen-bond donors (Lipinski definition) is 2. The van der Waals surface area contributed by atoms with Crippen LogP contribution in [-0.2, 0) is 0 Å². The molecule has 2 N–H and O–H groups in total. The average molecular weight is 274 g/mol. The van der Waals surface area contributed by atoms with Gasteiger partial charge in [0.25, 0.3) is 0 Å². The Morgan fingerprint density at radius 2 is 1.95 bits per heavy atom. The number of rotatable bonds is 3. The van der Waals surface area contributed by atoms with Crippen molar-refractivity contribution in [2.45, 2.75) is 18.6 Å². The number of piperazine rings is 1. The van der Waals surface area contributed by atoms with Crippen LogP contribution < -0.4 is 5.32 Å². The molecule has 6 heteroatoms. The third-order valence-electron chi connectivity index (χ3n) is 3.27. The van der Waals surface area contributed by atoms with E-state index in [0.29, 0.717) is 31.7 Å². The van der Waals surface area contributed by atoms with Gasteiger partial charge >= 0.3 is 6.18 Å². The second kappa shape index (κ2) is 5.79. The van der Waals surface area contributed by atoms with Gasteiger partial charge in [0.2, 0.25) is 0 Å². The van der Waals surface area contributed by atoms with E-state index in [9.17, 15) is 18.3 Å². The number of nitrogens with one attached hydrogen (secondary N) is 1. The van der Waals surface area contributed by atoms with Gasteiger partial charge in [-0.1, -0.05) is 12.1 Å². The Morgan fingerprint density at radius 1 is 1.26 bits per heavy atom. The van der Waals surface area contributed by atoms with Crippen molar-refractivity contribution in [3.63, 3.8) is 0 Å². The molecule has 0 amide bonds. The number of phenols is 1. The maximum atomic E-state index is 12.7. The predicted molar refractivity (Wildman–Crippen MR) is 66.0 cm³/mol. The largest absolute Gasteiger partial charge is 0.508 e. The quantitative estimate of drug-likeness (QED) is 0.887. The van der Waals surface area contributed by atoms with Crippen molar-refractivity contribution in [3.05, 3.63) is 29.8 Å². The molecule has 1 aliphatic heterocycles. The van der Waals surface area contributed by atoms with E-state index in [-0.39, 0.29) is 5.75 Å². The molecule has 2 rings (SSSR count). The van der Waals surface area contributed by atoms with Crippen LogP contribution in [0, 0.1) is 0 Å². The fourth-order valence-corrected chi connectivity index (χ4v) is 2.40. The van der Waals surface area contributed by atoms with Gasteiger partial charge in [-0.05, 0) is 17.7 Å². The zero-order valence-electron chi connectivity index (χ0n) is 10.5. The molecule has 19 heavy (non-hydrogen) atoms. The summed E-state index contributed by atoms with van der Waals surface area (Å²) in [6.07, 6.45) is -5.11. The van der Waals surface area contributed by atoms with E-state index >= 15 is 0 Å². The minimum Gasteiger partial charge on any atom is -0.508 e. The summed E-state index contributed by atoms with van der Waals surface area (Å²) in [6, 6.07) is 5.37. The summed E-state index contributed by atoms with van der Waals surface area (Å²) < 4.78 is 38.2. The SMILES string of the molecule is Oc1cccc([C@@H](CC(F)(F)F)N2CCNCC2)c1. The van der Waals surface area contributed by atoms with Gasteiger partial charge in [0, 0.05) is 32.2 Å². The lowest BCUT2D eigenvalue weighted by Gasteiger charge is -2.35. The predicted octanol–water partition coefficient (Wildman–Crippen LogP) is 2.29. The molecule has 0 saturated carbocycles. The summed E-state index contributed by atoms with van der Waals surface area (Å²) in [6.45, 7) is 2.53. The molecule has 1 saturated heterocycles. The number of halogens is 3. The van der Waals surface area contributed by atoms with Gasteiger partial charge in [-0.25, -0.2) is 0 Å². The first kappa shape index (κ1) is 14.1. The first-order valence-electron chi connectivity index (χ1n) is 6.26. The third-order valence-corrected chi connectivity index (χ3v) is 3.27. The van der Waals surface area contributed by atoms with Crippen LogP contribution in [0.25, 0.3) is 0 Å². The number of alkyl halides is 3. The normalized spacial score (nSPS) is 19.3. The fraction of sp³-hybridized carbons (Fsp3) is 0.538. The number of benzene rings is 1. The third kappa shape index (κ3) is 4.11. The van der Waals surface area contributed by atoms with Crippen molar-refractivity contribution in [3.8, 4) is 5.75 Å². The maximum Gasteiger partial charge on any atom is 0.390 e. The highest BCUT2D eigenvalue weighted by atomic mass is 19.4. The van der Waals surface area contributed by atoms with Crippen LogP contribution in [0.3, 0.4) is 0 Å². The second-order valence-corrected chi connectivity index (χ2v) is 4.72. The fourth-order valence-electron chi connectivity index (χ4n) is 2.40. The Kier molecular flexibility index (Phi) is 4.31. The molecule has 106 valence electrons. The second-order valence-electron chi connectivity index (χ2n) is 4.72. The van der Waals surface area contributed by atoms with Crippen LogP contribution in [0.1, 0.15) is 18.0 Å². The molecule has 1 aromatic carbocycles. The highest BCUT2D eigenvalue weighted by Gasteiger charge is 2.35. The monoisotopic (exact) mass is 274 g/mol. The Balaban J connectivity index is 2.22. The smallest absolute Gasteiger partial charge is 0.390 e. The molecule has 0 spiro atoms. The molecule has 0 unspecified atom stereocenters. The molecule has 1 aromatic rings. The zero-order chi connectivity index (χ0) is 13.9. The van der Waals surface area contributed by atoms with Gasteiger partial charge in [0.1, 0.15) is 5.75 Å². The van der Waals surface area contributed by atoms with Crippen molar-refractivity contribution in [2.75, 3.05) is 26.2 Å². The number of hydrogen-bond acceptors (Lipinski definition) is 3. The van der Waals surface area contributed by atoms with Crippen molar-refractivity contribution >= 4 is 0 Å². The Morgan fingerprint density at radius 3 is 2.53 bits per heavy atom. The molecule has 1 fully saturated rings. The highest BCUT2D eigenvalue weighted by Crippen LogP contribution is 2.34. The van der Waals surface area contributed by atoms with E-state index in [1.54, 1.807) is 12.1 Å². The molecule has 0 radical (unpaired) electrons. The van der Waals surface area contributed by atoms with E-state index in [0.717, 1.165) is 0 Å². The van der Waals surface area contributed by atoms with E-state index in [1.807, 2.05) is 4.90 Å². The Bertz CT molecular complexity index is 417. The zero-order valence-corrected chi connectivity index (χ0v) is 10.5. The van der Waals surface area contributed by atoms with Crippen LogP contribution in [0.4, 0.5) is 13.2 Å². The van der Waals surface area contributed by atoms with Gasteiger partial charge in [-0.3, -0.25) is 4.90 Å². The Hall–Kier alpha value is -1.27. The number of nitrogens with zero attached hydrogens (tertiary/aromatic N) is 1. The lowest BCUT2D eigenvalue weighted by atomic mass is 10.0. The number of aromatic hydroxyl groups is 1. The van der Waals surface area contributed by atoms with Gasteiger partial charge in [0.15, 0.2) is 0 Å². The van der Waals surface area contributed by atoms with Crippen LogP contribution in [-0.4, -0.2) is 42.4 Å².